The summed E-state index contributed by atoms with van der Waals surface area (Å²) in [5.41, 5.74) is 12.2. The predicted octanol–water partition coefficient (Wildman–Crippen LogP) is 2.16. The van der Waals surface area contributed by atoms with Crippen molar-refractivity contribution in [3.63, 3.8) is 0 Å². The molecule has 0 aromatic heterocycles. The van der Waals surface area contributed by atoms with E-state index in [1.165, 1.54) is 0 Å². The van der Waals surface area contributed by atoms with Crippen molar-refractivity contribution in [3.8, 4) is 0 Å². The van der Waals surface area contributed by atoms with Gasteiger partial charge in [-0.3, -0.25) is 0 Å². The van der Waals surface area contributed by atoms with Crippen LogP contribution in [-0.2, 0) is 0 Å². The van der Waals surface area contributed by atoms with Crippen LogP contribution in [0.25, 0.3) is 4.85 Å². The maximum atomic E-state index is 6.78. The number of nitrogen functional groups attached to an aromatic ring is 2. The first-order chi connectivity index (χ1) is 5.16. The zero-order valence-corrected chi connectivity index (χ0v) is 7.22. The lowest BCUT2D eigenvalue weighted by Crippen LogP contribution is -1.93. The highest BCUT2D eigenvalue weighted by atomic mass is 79.9. The summed E-state index contributed by atoms with van der Waals surface area (Å²) in [7, 11) is 0. The zero-order chi connectivity index (χ0) is 8.43. The molecule has 11 heavy (non-hydrogen) atoms. The van der Waals surface area contributed by atoms with Gasteiger partial charge in [0.05, 0.1) is 12.3 Å². The molecule has 0 radical (unpaired) electrons. The van der Waals surface area contributed by atoms with E-state index in [1.807, 2.05) is 0 Å². The van der Waals surface area contributed by atoms with Crippen LogP contribution >= 0.6 is 15.9 Å². The van der Waals surface area contributed by atoms with Crippen LogP contribution in [0.5, 0.6) is 0 Å². The Morgan fingerprint density at radius 2 is 2.00 bits per heavy atom. The van der Waals surface area contributed by atoms with Crippen molar-refractivity contribution in [2.75, 3.05) is 11.5 Å². The molecule has 4 heteroatoms. The predicted molar refractivity (Wildman–Crippen MR) is 49.2 cm³/mol. The minimum atomic E-state index is 0.342. The molecule has 0 heterocycles. The molecule has 1 rings (SSSR count). The van der Waals surface area contributed by atoms with E-state index in [2.05, 4.69) is 20.8 Å². The summed E-state index contributed by atoms with van der Waals surface area (Å²) < 4.78 is 0.680. The van der Waals surface area contributed by atoms with E-state index in [-0.39, 0.29) is 0 Å². The Morgan fingerprint density at radius 1 is 1.36 bits per heavy atom. The molecule has 0 unspecified atom stereocenters. The van der Waals surface area contributed by atoms with E-state index in [0.29, 0.717) is 21.5 Å². The average Bonchev–Trinajstić information content (AvgIpc) is 1.99. The van der Waals surface area contributed by atoms with E-state index in [9.17, 15) is 0 Å². The fourth-order valence-corrected chi connectivity index (χ4v) is 1.15. The van der Waals surface area contributed by atoms with Crippen LogP contribution < -0.4 is 11.5 Å². The fourth-order valence-electron chi connectivity index (χ4n) is 0.711. The minimum absolute atomic E-state index is 0.342. The Balaban J connectivity index is 3.44. The molecule has 1 aromatic carbocycles. The third-order valence-electron chi connectivity index (χ3n) is 1.31. The van der Waals surface area contributed by atoms with Crippen molar-refractivity contribution in [3.05, 3.63) is 28.0 Å². The van der Waals surface area contributed by atoms with E-state index in [4.69, 9.17) is 18.0 Å². The number of anilines is 2. The van der Waals surface area contributed by atoms with Crippen LogP contribution in [0.2, 0.25) is 0 Å². The summed E-state index contributed by atoms with van der Waals surface area (Å²) in [6, 6.07) is 3.37. The second kappa shape index (κ2) is 2.81. The Kier molecular flexibility index (Phi) is 2.01. The molecule has 0 saturated heterocycles. The van der Waals surface area contributed by atoms with E-state index in [1.54, 1.807) is 12.1 Å². The number of benzene rings is 1. The smallest absolute Gasteiger partial charge is 0.225 e. The maximum Gasteiger partial charge on any atom is 0.225 e. The summed E-state index contributed by atoms with van der Waals surface area (Å²) in [4.78, 5) is 3.23. The second-order valence-electron chi connectivity index (χ2n) is 2.01. The normalized spacial score (nSPS) is 9.09. The number of rotatable bonds is 0. The molecule has 0 aliphatic carbocycles. The third kappa shape index (κ3) is 1.28. The van der Waals surface area contributed by atoms with Gasteiger partial charge in [-0.15, -0.1) is 0 Å². The molecule has 56 valence electrons. The van der Waals surface area contributed by atoms with Gasteiger partial charge in [0.1, 0.15) is 0 Å². The van der Waals surface area contributed by atoms with Crippen molar-refractivity contribution < 1.29 is 0 Å². The monoisotopic (exact) mass is 211 g/mol. The van der Waals surface area contributed by atoms with Gasteiger partial charge in [0.2, 0.25) is 5.69 Å². The number of hydrogen-bond acceptors (Lipinski definition) is 2. The summed E-state index contributed by atoms with van der Waals surface area (Å²) in [5, 5.41) is 0. The molecular weight excluding hydrogens is 206 g/mol. The van der Waals surface area contributed by atoms with Gasteiger partial charge in [0.15, 0.2) is 0 Å². The molecule has 0 fully saturated rings. The molecule has 0 bridgehead atoms. The Hall–Kier alpha value is -1.21. The molecule has 0 spiro atoms. The Morgan fingerprint density at radius 3 is 2.45 bits per heavy atom. The molecular formula is C7H6BrN3. The molecule has 0 amide bonds. The highest BCUT2D eigenvalue weighted by molar-refractivity contribution is 9.10. The number of nitrogens with two attached hydrogens (primary N) is 2. The van der Waals surface area contributed by atoms with E-state index in [0.717, 1.165) is 0 Å². The van der Waals surface area contributed by atoms with Crippen LogP contribution in [0.15, 0.2) is 16.6 Å². The van der Waals surface area contributed by atoms with Crippen LogP contribution in [-0.4, -0.2) is 0 Å². The molecule has 3 nitrogen and oxygen atoms in total. The van der Waals surface area contributed by atoms with Gasteiger partial charge >= 0.3 is 0 Å². The largest absolute Gasteiger partial charge is 0.406 e. The molecule has 0 atom stereocenters. The van der Waals surface area contributed by atoms with Crippen molar-refractivity contribution in [2.24, 2.45) is 0 Å². The highest BCUT2D eigenvalue weighted by Gasteiger charge is 2.05. The number of hydrogen-bond donors (Lipinski definition) is 2. The van der Waals surface area contributed by atoms with E-state index < -0.39 is 0 Å². The van der Waals surface area contributed by atoms with Crippen LogP contribution in [0, 0.1) is 6.57 Å². The second-order valence-corrected chi connectivity index (χ2v) is 2.87. The lowest BCUT2D eigenvalue weighted by Gasteiger charge is -2.02. The SMILES string of the molecule is [C-]#[N+]c1c(Br)ccc(N)c1N. The van der Waals surface area contributed by atoms with Crippen molar-refractivity contribution in [1.29, 1.82) is 0 Å². The molecule has 0 aliphatic heterocycles. The lowest BCUT2D eigenvalue weighted by molar-refractivity contribution is 1.63. The first-order valence-corrected chi connectivity index (χ1v) is 3.67. The van der Waals surface area contributed by atoms with Crippen molar-refractivity contribution >= 4 is 33.0 Å². The van der Waals surface area contributed by atoms with Gasteiger partial charge in [-0.25, -0.2) is 4.85 Å². The van der Waals surface area contributed by atoms with Crippen LogP contribution in [0.1, 0.15) is 0 Å². The van der Waals surface area contributed by atoms with Gasteiger partial charge in [0, 0.05) is 10.2 Å². The Bertz CT molecular complexity index is 327. The van der Waals surface area contributed by atoms with Crippen LogP contribution in [0.3, 0.4) is 0 Å². The fraction of sp³-hybridized carbons (Fsp3) is 0. The number of halogens is 1. The minimum Gasteiger partial charge on any atom is -0.406 e. The third-order valence-corrected chi connectivity index (χ3v) is 1.95. The maximum absolute atomic E-state index is 6.78. The van der Waals surface area contributed by atoms with Gasteiger partial charge < -0.3 is 11.5 Å². The lowest BCUT2D eigenvalue weighted by atomic mass is 10.2. The van der Waals surface area contributed by atoms with E-state index >= 15 is 0 Å². The highest BCUT2D eigenvalue weighted by Crippen LogP contribution is 2.35. The van der Waals surface area contributed by atoms with Crippen LogP contribution in [0.4, 0.5) is 17.1 Å². The first-order valence-electron chi connectivity index (χ1n) is 2.87. The van der Waals surface area contributed by atoms with Crippen molar-refractivity contribution in [2.45, 2.75) is 0 Å². The van der Waals surface area contributed by atoms with Crippen molar-refractivity contribution in [1.82, 2.24) is 0 Å². The summed E-state index contributed by atoms with van der Waals surface area (Å²) in [5.74, 6) is 0. The molecule has 0 saturated carbocycles. The van der Waals surface area contributed by atoms with Gasteiger partial charge in [0.25, 0.3) is 0 Å². The summed E-state index contributed by atoms with van der Waals surface area (Å²) in [6.07, 6.45) is 0. The summed E-state index contributed by atoms with van der Waals surface area (Å²) >= 11 is 3.19. The average molecular weight is 212 g/mol. The molecule has 1 aromatic rings. The molecule has 0 aliphatic rings. The summed E-state index contributed by atoms with van der Waals surface area (Å²) in [6.45, 7) is 6.78. The zero-order valence-electron chi connectivity index (χ0n) is 5.63. The molecule has 4 N–H and O–H groups in total. The first kappa shape index (κ1) is 7.89. The van der Waals surface area contributed by atoms with Gasteiger partial charge in [-0.1, -0.05) is 22.0 Å². The number of nitrogens with zero attached hydrogens (tertiary/aromatic N) is 1. The standard InChI is InChI=1S/C7H6BrN3/c1-11-7-4(8)2-3-5(9)6(7)10/h2-3H,9-10H2. The Labute approximate surface area is 72.9 Å². The quantitative estimate of drug-likeness (QED) is 0.511. The van der Waals surface area contributed by atoms with Gasteiger partial charge in [-0.2, -0.15) is 0 Å². The topological polar surface area (TPSA) is 56.4 Å². The van der Waals surface area contributed by atoms with Gasteiger partial charge in [-0.05, 0) is 6.07 Å².